The number of hydrogen-bond acceptors (Lipinski definition) is 4. The Kier molecular flexibility index (Phi) is 13.2. The second-order valence-electron chi connectivity index (χ2n) is 10.1. The van der Waals surface area contributed by atoms with Crippen molar-refractivity contribution in [2.75, 3.05) is 0 Å². The maximum absolute atomic E-state index is 13.6. The number of hydrogen-bond donors (Lipinski definition) is 2. The van der Waals surface area contributed by atoms with Crippen LogP contribution in [-0.2, 0) is 14.4 Å². The average Bonchev–Trinajstić information content (AvgIpc) is 2.94. The molecular formula is C30H28Cl2F6N2O5. The summed E-state index contributed by atoms with van der Waals surface area (Å²) in [6.45, 7) is 1.50. The molecule has 0 bridgehead atoms. The predicted octanol–water partition coefficient (Wildman–Crippen LogP) is 8.55. The summed E-state index contributed by atoms with van der Waals surface area (Å²) in [6, 6.07) is 18.6. The molecule has 1 saturated heterocycles. The number of pyridine rings is 1. The van der Waals surface area contributed by atoms with Crippen molar-refractivity contribution in [1.29, 1.82) is 0 Å². The Morgan fingerprint density at radius 1 is 0.933 bits per heavy atom. The normalized spacial score (nSPS) is 18.9. The number of piperidine rings is 1. The van der Waals surface area contributed by atoms with Crippen molar-refractivity contribution in [2.24, 2.45) is 5.41 Å². The number of carbonyl (C=O) groups is 3. The van der Waals surface area contributed by atoms with Crippen molar-refractivity contribution in [3.63, 3.8) is 0 Å². The monoisotopic (exact) mass is 680 g/mol. The molecule has 1 aliphatic rings. The lowest BCUT2D eigenvalue weighted by atomic mass is 9.74. The Hall–Kier alpha value is -3.84. The number of amides is 1. The lowest BCUT2D eigenvalue weighted by molar-refractivity contribution is -0.192. The van der Waals surface area contributed by atoms with Crippen LogP contribution in [-0.4, -0.2) is 50.3 Å². The van der Waals surface area contributed by atoms with E-state index >= 15 is 0 Å². The molecule has 1 amide bonds. The minimum Gasteiger partial charge on any atom is -0.481 e. The predicted molar refractivity (Wildman–Crippen MR) is 153 cm³/mol. The maximum Gasteiger partial charge on any atom is 0.490 e. The van der Waals surface area contributed by atoms with E-state index in [0.29, 0.717) is 17.0 Å². The number of alkyl halides is 6. The molecule has 2 aromatic carbocycles. The van der Waals surface area contributed by atoms with Crippen LogP contribution in [0.4, 0.5) is 26.3 Å². The smallest absolute Gasteiger partial charge is 0.481 e. The molecule has 1 unspecified atom stereocenters. The molecule has 2 heterocycles. The van der Waals surface area contributed by atoms with Crippen molar-refractivity contribution in [3.05, 3.63) is 100 Å². The highest BCUT2D eigenvalue weighted by molar-refractivity contribution is 6.30. The second kappa shape index (κ2) is 15.9. The number of benzene rings is 2. The first kappa shape index (κ1) is 37.3. The fourth-order valence-electron chi connectivity index (χ4n) is 4.58. The number of carboxylic acid groups (broad SMARTS) is 2. The number of likely N-dealkylation sites (tertiary alicyclic amines) is 1. The van der Waals surface area contributed by atoms with E-state index in [9.17, 15) is 41.0 Å². The van der Waals surface area contributed by atoms with Gasteiger partial charge in [0.2, 0.25) is 5.91 Å². The summed E-state index contributed by atoms with van der Waals surface area (Å²) in [4.78, 5) is 39.2. The zero-order valence-electron chi connectivity index (χ0n) is 23.5. The first-order chi connectivity index (χ1) is 20.8. The zero-order chi connectivity index (χ0) is 34.0. The highest BCUT2D eigenvalue weighted by Gasteiger charge is 2.50. The van der Waals surface area contributed by atoms with E-state index in [2.05, 4.69) is 4.98 Å². The first-order valence-corrected chi connectivity index (χ1v) is 13.9. The van der Waals surface area contributed by atoms with E-state index in [-0.39, 0.29) is 12.1 Å². The standard InChI is InChI=1S/C22H22ClF3N2O3.C6H5Cl.C2HF3O2/c1-21(13-19(29)30)10-9-17(14-5-7-15(23)8-6-14)28(20(21)31)18(12-22(24,25)26)16-4-2-3-11-27-16;7-6-4-2-1-3-5-6;3-2(4,5)1(6)7/h2-8,11,17-18H,9-10,12-13H2,1H3,(H,29,30);1-5H;(H,6,7)/t17?,18-,21+;;/m0../s1. The third-order valence-electron chi connectivity index (χ3n) is 6.62. The van der Waals surface area contributed by atoms with Crippen LogP contribution in [0.1, 0.15) is 55.9 Å². The van der Waals surface area contributed by atoms with Gasteiger partial charge in [-0.3, -0.25) is 14.6 Å². The van der Waals surface area contributed by atoms with E-state index < -0.39 is 60.5 Å². The van der Waals surface area contributed by atoms with Gasteiger partial charge in [-0.25, -0.2) is 4.79 Å². The lowest BCUT2D eigenvalue weighted by Gasteiger charge is -2.47. The van der Waals surface area contributed by atoms with Crippen LogP contribution in [0.15, 0.2) is 79.0 Å². The third-order valence-corrected chi connectivity index (χ3v) is 7.12. The summed E-state index contributed by atoms with van der Waals surface area (Å²) in [7, 11) is 0. The number of halogens is 8. The molecule has 244 valence electrons. The quantitative estimate of drug-likeness (QED) is 0.253. The second-order valence-corrected chi connectivity index (χ2v) is 11.0. The summed E-state index contributed by atoms with van der Waals surface area (Å²) in [6.07, 6.45) is -9.46. The summed E-state index contributed by atoms with van der Waals surface area (Å²) in [5, 5.41) is 17.7. The van der Waals surface area contributed by atoms with Gasteiger partial charge in [-0.05, 0) is 54.8 Å². The van der Waals surface area contributed by atoms with Crippen LogP contribution in [0.2, 0.25) is 10.0 Å². The third kappa shape index (κ3) is 11.9. The molecule has 0 spiro atoms. The number of aromatic nitrogens is 1. The molecule has 2 N–H and O–H groups in total. The summed E-state index contributed by atoms with van der Waals surface area (Å²) in [5.74, 6) is -4.56. The number of aliphatic carboxylic acids is 2. The largest absolute Gasteiger partial charge is 0.490 e. The fourth-order valence-corrected chi connectivity index (χ4v) is 4.85. The Morgan fingerprint density at radius 3 is 1.89 bits per heavy atom. The summed E-state index contributed by atoms with van der Waals surface area (Å²) >= 11 is 11.5. The SMILES string of the molecule is C[C@]1(CC(=O)O)CCC(c2ccc(Cl)cc2)N([C@@H](CC(F)(F)F)c2ccccn2)C1=O.Clc1ccccc1.O=C(O)C(F)(F)F. The molecule has 3 atom stereocenters. The van der Waals surface area contributed by atoms with E-state index in [0.717, 1.165) is 5.02 Å². The van der Waals surface area contributed by atoms with Crippen molar-refractivity contribution >= 4 is 41.0 Å². The van der Waals surface area contributed by atoms with Crippen LogP contribution in [0, 0.1) is 5.41 Å². The lowest BCUT2D eigenvalue weighted by Crippen LogP contribution is -2.51. The van der Waals surface area contributed by atoms with Gasteiger partial charge >= 0.3 is 24.3 Å². The van der Waals surface area contributed by atoms with Crippen molar-refractivity contribution in [2.45, 2.75) is 57.0 Å². The maximum atomic E-state index is 13.6. The average molecular weight is 681 g/mol. The number of rotatable bonds is 6. The van der Waals surface area contributed by atoms with E-state index in [1.54, 1.807) is 36.4 Å². The summed E-state index contributed by atoms with van der Waals surface area (Å²) < 4.78 is 72.5. The molecule has 15 heteroatoms. The highest BCUT2D eigenvalue weighted by Crippen LogP contribution is 2.48. The Bertz CT molecular complexity index is 1410. The molecule has 1 aromatic heterocycles. The summed E-state index contributed by atoms with van der Waals surface area (Å²) in [5.41, 5.74) is -0.571. The van der Waals surface area contributed by atoms with Crippen molar-refractivity contribution < 1.29 is 50.9 Å². The van der Waals surface area contributed by atoms with Gasteiger partial charge in [0.25, 0.3) is 0 Å². The van der Waals surface area contributed by atoms with Gasteiger partial charge in [-0.1, -0.05) is 66.5 Å². The van der Waals surface area contributed by atoms with Gasteiger partial charge < -0.3 is 15.1 Å². The Labute approximate surface area is 264 Å². The minimum atomic E-state index is -5.08. The molecule has 1 aliphatic heterocycles. The molecule has 1 fully saturated rings. The molecular weight excluding hydrogens is 653 g/mol. The first-order valence-electron chi connectivity index (χ1n) is 13.1. The Balaban J connectivity index is 0.000000414. The minimum absolute atomic E-state index is 0.103. The van der Waals surface area contributed by atoms with E-state index in [1.165, 1.54) is 24.1 Å². The van der Waals surface area contributed by atoms with Crippen molar-refractivity contribution in [3.8, 4) is 0 Å². The van der Waals surface area contributed by atoms with Gasteiger partial charge in [0.1, 0.15) is 0 Å². The van der Waals surface area contributed by atoms with Gasteiger partial charge in [-0.15, -0.1) is 0 Å². The fraction of sp³-hybridized carbons (Fsp3) is 0.333. The van der Waals surface area contributed by atoms with Gasteiger partial charge in [-0.2, -0.15) is 26.3 Å². The van der Waals surface area contributed by atoms with Crippen LogP contribution < -0.4 is 0 Å². The van der Waals surface area contributed by atoms with Gasteiger partial charge in [0.05, 0.1) is 36.0 Å². The van der Waals surface area contributed by atoms with E-state index in [1.807, 2.05) is 30.3 Å². The molecule has 0 saturated carbocycles. The molecule has 0 aliphatic carbocycles. The van der Waals surface area contributed by atoms with Crippen LogP contribution in [0.3, 0.4) is 0 Å². The highest BCUT2D eigenvalue weighted by atomic mass is 35.5. The topological polar surface area (TPSA) is 108 Å². The van der Waals surface area contributed by atoms with Crippen LogP contribution in [0.25, 0.3) is 0 Å². The van der Waals surface area contributed by atoms with Crippen LogP contribution >= 0.6 is 23.2 Å². The van der Waals surface area contributed by atoms with Crippen LogP contribution in [0.5, 0.6) is 0 Å². The number of nitrogens with zero attached hydrogens (tertiary/aromatic N) is 2. The van der Waals surface area contributed by atoms with Crippen molar-refractivity contribution in [1.82, 2.24) is 9.88 Å². The molecule has 7 nitrogen and oxygen atoms in total. The molecule has 4 rings (SSSR count). The molecule has 0 radical (unpaired) electrons. The molecule has 3 aromatic rings. The molecule has 45 heavy (non-hydrogen) atoms. The van der Waals surface area contributed by atoms with E-state index in [4.69, 9.17) is 33.1 Å². The van der Waals surface area contributed by atoms with Gasteiger partial charge in [0, 0.05) is 16.2 Å². The Morgan fingerprint density at radius 2 is 1.47 bits per heavy atom. The zero-order valence-corrected chi connectivity index (χ0v) is 25.0. The van der Waals surface area contributed by atoms with Gasteiger partial charge in [0.15, 0.2) is 0 Å². The number of carboxylic acids is 2. The number of carbonyl (C=O) groups excluding carboxylic acids is 1.